The number of alkyl halides is 2. The highest BCUT2D eigenvalue weighted by molar-refractivity contribution is 6.02. The maximum atomic E-state index is 12.5. The minimum Gasteiger partial charge on any atom is -0.478 e. The van der Waals surface area contributed by atoms with Crippen molar-refractivity contribution in [3.8, 4) is 0 Å². The summed E-state index contributed by atoms with van der Waals surface area (Å²) in [6.45, 7) is -2.66. The normalized spacial score (nSPS) is 11.1. The molecule has 0 fully saturated rings. The van der Waals surface area contributed by atoms with Gasteiger partial charge in [-0.25, -0.2) is 4.79 Å². The number of aromatic nitrogens is 1. The van der Waals surface area contributed by atoms with Crippen LogP contribution in [0.4, 0.5) is 8.78 Å². The number of hydrogen-bond donors (Lipinski definition) is 1. The van der Waals surface area contributed by atoms with E-state index in [2.05, 4.69) is 0 Å². The topological polar surface area (TPSA) is 42.2 Å². The fraction of sp³-hybridized carbons (Fsp3) is 0.100. The van der Waals surface area contributed by atoms with E-state index >= 15 is 0 Å². The molecule has 1 aromatic heterocycles. The van der Waals surface area contributed by atoms with Gasteiger partial charge in [-0.1, -0.05) is 6.07 Å². The van der Waals surface area contributed by atoms with Crippen LogP contribution < -0.4 is 0 Å². The molecule has 1 heterocycles. The maximum absolute atomic E-state index is 12.5. The molecule has 0 bridgehead atoms. The molecule has 78 valence electrons. The molecule has 0 aliphatic rings. The summed E-state index contributed by atoms with van der Waals surface area (Å²) in [6.07, 6.45) is 1.18. The van der Waals surface area contributed by atoms with E-state index in [0.29, 0.717) is 5.39 Å². The molecule has 0 spiro atoms. The van der Waals surface area contributed by atoms with Crippen LogP contribution in [0.1, 0.15) is 16.9 Å². The summed E-state index contributed by atoms with van der Waals surface area (Å²) in [4.78, 5) is 10.8. The van der Waals surface area contributed by atoms with Crippen molar-refractivity contribution in [3.05, 3.63) is 36.0 Å². The van der Waals surface area contributed by atoms with Gasteiger partial charge < -0.3 is 5.11 Å². The molecule has 0 unspecified atom stereocenters. The zero-order valence-electron chi connectivity index (χ0n) is 7.52. The van der Waals surface area contributed by atoms with Gasteiger partial charge in [-0.3, -0.25) is 4.57 Å². The first kappa shape index (κ1) is 9.64. The molecular formula is C10H7F2NO2. The highest BCUT2D eigenvalue weighted by Crippen LogP contribution is 2.24. The van der Waals surface area contributed by atoms with Crippen molar-refractivity contribution in [1.29, 1.82) is 0 Å². The Morgan fingerprint density at radius 1 is 1.33 bits per heavy atom. The molecule has 1 N–H and O–H groups in total. The molecule has 0 saturated heterocycles. The van der Waals surface area contributed by atoms with Crippen LogP contribution in [-0.4, -0.2) is 15.6 Å². The lowest BCUT2D eigenvalue weighted by Gasteiger charge is -2.03. The Kier molecular flexibility index (Phi) is 2.15. The van der Waals surface area contributed by atoms with Crippen molar-refractivity contribution in [3.63, 3.8) is 0 Å². The molecule has 2 aromatic rings. The molecule has 3 nitrogen and oxygen atoms in total. The van der Waals surface area contributed by atoms with Crippen LogP contribution in [0.3, 0.4) is 0 Å². The van der Waals surface area contributed by atoms with Crippen LogP contribution in [0.2, 0.25) is 0 Å². The number of benzene rings is 1. The second kappa shape index (κ2) is 3.34. The summed E-state index contributed by atoms with van der Waals surface area (Å²) < 4.78 is 25.7. The first-order chi connectivity index (χ1) is 7.11. The number of halogens is 2. The maximum Gasteiger partial charge on any atom is 0.336 e. The average molecular weight is 211 g/mol. The van der Waals surface area contributed by atoms with Crippen LogP contribution in [0, 0.1) is 0 Å². The first-order valence-corrected chi connectivity index (χ1v) is 4.22. The summed E-state index contributed by atoms with van der Waals surface area (Å²) >= 11 is 0. The fourth-order valence-corrected chi connectivity index (χ4v) is 1.55. The highest BCUT2D eigenvalue weighted by Gasteiger charge is 2.14. The van der Waals surface area contributed by atoms with Gasteiger partial charge in [-0.15, -0.1) is 0 Å². The third kappa shape index (κ3) is 1.45. The van der Waals surface area contributed by atoms with E-state index in [4.69, 9.17) is 5.11 Å². The Hall–Kier alpha value is -1.91. The Balaban J connectivity index is 2.74. The fourth-order valence-electron chi connectivity index (χ4n) is 1.55. The number of rotatable bonds is 2. The summed E-state index contributed by atoms with van der Waals surface area (Å²) in [6, 6.07) is 5.68. The number of fused-ring (bicyclic) bond motifs is 1. The molecular weight excluding hydrogens is 204 g/mol. The third-order valence-electron chi connectivity index (χ3n) is 2.20. The van der Waals surface area contributed by atoms with Crippen LogP contribution in [0.5, 0.6) is 0 Å². The second-order valence-electron chi connectivity index (χ2n) is 3.04. The third-order valence-corrected chi connectivity index (χ3v) is 2.20. The SMILES string of the molecule is O=C(O)c1cccc2c1ccn2C(F)F. The average Bonchev–Trinajstić information content (AvgIpc) is 2.59. The standard InChI is InChI=1S/C10H7F2NO2/c11-10(12)13-5-4-6-7(9(14)15)2-1-3-8(6)13/h1-5,10H,(H,14,15). The zero-order valence-corrected chi connectivity index (χ0v) is 7.52. The molecule has 2 rings (SSSR count). The zero-order chi connectivity index (χ0) is 11.0. The van der Waals surface area contributed by atoms with Crippen molar-refractivity contribution in [2.45, 2.75) is 6.55 Å². The van der Waals surface area contributed by atoms with Crippen molar-refractivity contribution in [2.24, 2.45) is 0 Å². The summed E-state index contributed by atoms with van der Waals surface area (Å²) in [5, 5.41) is 9.16. The first-order valence-electron chi connectivity index (χ1n) is 4.22. The van der Waals surface area contributed by atoms with Crippen molar-refractivity contribution in [2.75, 3.05) is 0 Å². The van der Waals surface area contributed by atoms with E-state index in [1.807, 2.05) is 0 Å². The minimum absolute atomic E-state index is 0.0342. The molecule has 0 aliphatic carbocycles. The Morgan fingerprint density at radius 2 is 2.07 bits per heavy atom. The Bertz CT molecular complexity index is 519. The summed E-state index contributed by atoms with van der Waals surface area (Å²) in [5.74, 6) is -1.12. The number of hydrogen-bond acceptors (Lipinski definition) is 1. The van der Waals surface area contributed by atoms with E-state index in [0.717, 1.165) is 4.57 Å². The quantitative estimate of drug-likeness (QED) is 0.829. The van der Waals surface area contributed by atoms with E-state index in [1.54, 1.807) is 0 Å². The lowest BCUT2D eigenvalue weighted by atomic mass is 10.1. The smallest absolute Gasteiger partial charge is 0.336 e. The lowest BCUT2D eigenvalue weighted by Crippen LogP contribution is -1.98. The van der Waals surface area contributed by atoms with Gasteiger partial charge in [0.1, 0.15) is 0 Å². The van der Waals surface area contributed by atoms with Crippen LogP contribution in [0.25, 0.3) is 10.9 Å². The highest BCUT2D eigenvalue weighted by atomic mass is 19.3. The predicted molar refractivity (Wildman–Crippen MR) is 50.2 cm³/mol. The number of carboxylic acid groups (broad SMARTS) is 1. The molecule has 5 heteroatoms. The van der Waals surface area contributed by atoms with Gasteiger partial charge in [-0.05, 0) is 18.2 Å². The lowest BCUT2D eigenvalue weighted by molar-refractivity contribution is 0.0696. The van der Waals surface area contributed by atoms with Gasteiger partial charge in [0, 0.05) is 11.6 Å². The van der Waals surface area contributed by atoms with Crippen LogP contribution >= 0.6 is 0 Å². The molecule has 0 aliphatic heterocycles. The molecule has 0 atom stereocenters. The van der Waals surface area contributed by atoms with Crippen LogP contribution in [-0.2, 0) is 0 Å². The van der Waals surface area contributed by atoms with E-state index in [9.17, 15) is 13.6 Å². The largest absolute Gasteiger partial charge is 0.478 e. The van der Waals surface area contributed by atoms with Crippen molar-refractivity contribution in [1.82, 2.24) is 4.57 Å². The van der Waals surface area contributed by atoms with Gasteiger partial charge in [0.2, 0.25) is 0 Å². The van der Waals surface area contributed by atoms with E-state index < -0.39 is 12.5 Å². The number of aromatic carboxylic acids is 1. The minimum atomic E-state index is -2.66. The number of carboxylic acids is 1. The van der Waals surface area contributed by atoms with Crippen LogP contribution in [0.15, 0.2) is 30.5 Å². The summed E-state index contributed by atoms with van der Waals surface area (Å²) in [7, 11) is 0. The Labute approximate surface area is 83.5 Å². The molecule has 0 saturated carbocycles. The van der Waals surface area contributed by atoms with E-state index in [1.165, 1.54) is 30.5 Å². The molecule has 1 aromatic carbocycles. The van der Waals surface area contributed by atoms with Gasteiger partial charge in [0.15, 0.2) is 0 Å². The summed E-state index contributed by atoms with van der Waals surface area (Å²) in [5.41, 5.74) is 0.261. The number of carbonyl (C=O) groups is 1. The van der Waals surface area contributed by atoms with Gasteiger partial charge in [0.25, 0.3) is 0 Å². The second-order valence-corrected chi connectivity index (χ2v) is 3.04. The van der Waals surface area contributed by atoms with Gasteiger partial charge in [0.05, 0.1) is 11.1 Å². The van der Waals surface area contributed by atoms with Gasteiger partial charge >= 0.3 is 12.5 Å². The molecule has 0 radical (unpaired) electrons. The van der Waals surface area contributed by atoms with Crippen molar-refractivity contribution >= 4 is 16.9 Å². The molecule has 0 amide bonds. The van der Waals surface area contributed by atoms with Gasteiger partial charge in [-0.2, -0.15) is 8.78 Å². The van der Waals surface area contributed by atoms with Crippen molar-refractivity contribution < 1.29 is 18.7 Å². The number of nitrogens with zero attached hydrogens (tertiary/aromatic N) is 1. The Morgan fingerprint density at radius 3 is 2.67 bits per heavy atom. The molecule has 15 heavy (non-hydrogen) atoms. The monoisotopic (exact) mass is 211 g/mol. The predicted octanol–water partition coefficient (Wildman–Crippen LogP) is 2.73. The van der Waals surface area contributed by atoms with E-state index in [-0.39, 0.29) is 11.1 Å².